The standard InChI is InChI=1S/C21H17ClN2O5S/c1-2-29-21(26)19-17(14-4-3-5-16(11-14)24(27)28)12-30-20(19)23-18(25)10-13-6-8-15(22)9-7-13/h3-9,11-12H,2,10H2,1H3,(H,23,25). The summed E-state index contributed by atoms with van der Waals surface area (Å²) in [7, 11) is 0. The maximum absolute atomic E-state index is 12.6. The van der Waals surface area contributed by atoms with Crippen LogP contribution in [-0.2, 0) is 16.0 Å². The lowest BCUT2D eigenvalue weighted by atomic mass is 10.0. The summed E-state index contributed by atoms with van der Waals surface area (Å²) in [5, 5.41) is 16.4. The molecular weight excluding hydrogens is 428 g/mol. The fourth-order valence-corrected chi connectivity index (χ4v) is 3.91. The van der Waals surface area contributed by atoms with Crippen molar-refractivity contribution in [2.75, 3.05) is 11.9 Å². The van der Waals surface area contributed by atoms with E-state index in [2.05, 4.69) is 5.32 Å². The molecule has 0 atom stereocenters. The number of anilines is 1. The average Bonchev–Trinajstić information content (AvgIpc) is 3.13. The van der Waals surface area contributed by atoms with E-state index in [1.54, 1.807) is 48.7 Å². The molecular formula is C21H17ClN2O5S. The maximum Gasteiger partial charge on any atom is 0.341 e. The topological polar surface area (TPSA) is 98.5 Å². The van der Waals surface area contributed by atoms with Crippen LogP contribution in [0.5, 0.6) is 0 Å². The minimum Gasteiger partial charge on any atom is -0.462 e. The molecule has 2 aromatic carbocycles. The van der Waals surface area contributed by atoms with Crippen molar-refractivity contribution in [2.45, 2.75) is 13.3 Å². The Bertz CT molecular complexity index is 1100. The van der Waals surface area contributed by atoms with Gasteiger partial charge in [0.25, 0.3) is 5.69 Å². The van der Waals surface area contributed by atoms with Gasteiger partial charge in [-0.2, -0.15) is 0 Å². The number of hydrogen-bond acceptors (Lipinski definition) is 6. The third kappa shape index (κ3) is 5.03. The number of amides is 1. The van der Waals surface area contributed by atoms with Crippen LogP contribution in [0.3, 0.4) is 0 Å². The van der Waals surface area contributed by atoms with Crippen LogP contribution in [0.4, 0.5) is 10.7 Å². The zero-order valence-corrected chi connectivity index (χ0v) is 17.5. The first-order chi connectivity index (χ1) is 14.4. The highest BCUT2D eigenvalue weighted by atomic mass is 35.5. The number of nitrogens with one attached hydrogen (secondary N) is 1. The van der Waals surface area contributed by atoms with E-state index in [9.17, 15) is 19.7 Å². The number of non-ortho nitro benzene ring substituents is 1. The van der Waals surface area contributed by atoms with Gasteiger partial charge in [0.05, 0.1) is 18.0 Å². The van der Waals surface area contributed by atoms with E-state index in [1.807, 2.05) is 0 Å². The summed E-state index contributed by atoms with van der Waals surface area (Å²) in [5.74, 6) is -0.919. The molecule has 0 bridgehead atoms. The summed E-state index contributed by atoms with van der Waals surface area (Å²) in [6.45, 7) is 1.83. The quantitative estimate of drug-likeness (QED) is 0.301. The fourth-order valence-electron chi connectivity index (χ4n) is 2.81. The number of halogens is 1. The first-order valence-corrected chi connectivity index (χ1v) is 10.2. The Morgan fingerprint density at radius 3 is 2.60 bits per heavy atom. The number of carbonyl (C=O) groups excluding carboxylic acids is 2. The molecule has 1 aromatic heterocycles. The van der Waals surface area contributed by atoms with Crippen LogP contribution >= 0.6 is 22.9 Å². The van der Waals surface area contributed by atoms with Gasteiger partial charge in [-0.25, -0.2) is 4.79 Å². The van der Waals surface area contributed by atoms with E-state index < -0.39 is 10.9 Å². The number of carbonyl (C=O) groups is 2. The Morgan fingerprint density at radius 1 is 1.20 bits per heavy atom. The highest BCUT2D eigenvalue weighted by Crippen LogP contribution is 2.37. The van der Waals surface area contributed by atoms with Crippen molar-refractivity contribution in [2.24, 2.45) is 0 Å². The Morgan fingerprint density at radius 2 is 1.93 bits per heavy atom. The van der Waals surface area contributed by atoms with Gasteiger partial charge >= 0.3 is 5.97 Å². The van der Waals surface area contributed by atoms with Crippen molar-refractivity contribution in [3.8, 4) is 11.1 Å². The van der Waals surface area contributed by atoms with Crippen molar-refractivity contribution < 1.29 is 19.2 Å². The molecule has 9 heteroatoms. The molecule has 0 saturated heterocycles. The Hall–Kier alpha value is -3.23. The minimum atomic E-state index is -0.609. The zero-order chi connectivity index (χ0) is 21.7. The Labute approximate surface area is 181 Å². The zero-order valence-electron chi connectivity index (χ0n) is 15.9. The van der Waals surface area contributed by atoms with E-state index in [0.29, 0.717) is 21.2 Å². The second-order valence-electron chi connectivity index (χ2n) is 6.23. The second kappa shape index (κ2) is 9.51. The molecule has 0 aliphatic rings. The number of ether oxygens (including phenoxy) is 1. The average molecular weight is 445 g/mol. The van der Waals surface area contributed by atoms with Crippen molar-refractivity contribution in [1.82, 2.24) is 0 Å². The largest absolute Gasteiger partial charge is 0.462 e. The first kappa shape index (κ1) is 21.5. The molecule has 7 nitrogen and oxygen atoms in total. The van der Waals surface area contributed by atoms with Crippen molar-refractivity contribution in [3.63, 3.8) is 0 Å². The number of thiophene rings is 1. The lowest BCUT2D eigenvalue weighted by molar-refractivity contribution is -0.384. The van der Waals surface area contributed by atoms with E-state index in [0.717, 1.165) is 16.9 Å². The molecule has 1 N–H and O–H groups in total. The summed E-state index contributed by atoms with van der Waals surface area (Å²) < 4.78 is 5.15. The first-order valence-electron chi connectivity index (χ1n) is 8.96. The van der Waals surface area contributed by atoms with Gasteiger partial charge in [-0.1, -0.05) is 35.9 Å². The predicted octanol–water partition coefficient (Wildman–Crippen LogP) is 5.33. The normalized spacial score (nSPS) is 10.5. The van der Waals surface area contributed by atoms with Crippen LogP contribution in [0.25, 0.3) is 11.1 Å². The van der Waals surface area contributed by atoms with Gasteiger partial charge in [-0.15, -0.1) is 11.3 Å². The van der Waals surface area contributed by atoms with E-state index in [1.165, 1.54) is 12.1 Å². The van der Waals surface area contributed by atoms with Crippen molar-refractivity contribution >= 4 is 45.5 Å². The van der Waals surface area contributed by atoms with Gasteiger partial charge in [0, 0.05) is 28.1 Å². The van der Waals surface area contributed by atoms with E-state index in [-0.39, 0.29) is 30.2 Å². The van der Waals surface area contributed by atoms with Crippen LogP contribution < -0.4 is 5.32 Å². The number of rotatable bonds is 7. The molecule has 3 rings (SSSR count). The summed E-state index contributed by atoms with van der Waals surface area (Å²) in [5.41, 5.74) is 1.80. The van der Waals surface area contributed by atoms with Crippen molar-refractivity contribution in [3.05, 3.63) is 80.2 Å². The predicted molar refractivity (Wildman–Crippen MR) is 116 cm³/mol. The molecule has 0 aliphatic carbocycles. The molecule has 0 unspecified atom stereocenters. The smallest absolute Gasteiger partial charge is 0.341 e. The van der Waals surface area contributed by atoms with Gasteiger partial charge in [-0.3, -0.25) is 14.9 Å². The lowest BCUT2D eigenvalue weighted by Gasteiger charge is -2.09. The Kier molecular flexibility index (Phi) is 6.81. The monoisotopic (exact) mass is 444 g/mol. The van der Waals surface area contributed by atoms with Crippen LogP contribution in [0.15, 0.2) is 53.9 Å². The number of nitrogens with zero attached hydrogens (tertiary/aromatic N) is 1. The third-order valence-corrected chi connectivity index (χ3v) is 5.32. The number of nitro groups is 1. The van der Waals surface area contributed by atoms with Crippen LogP contribution in [-0.4, -0.2) is 23.4 Å². The summed E-state index contributed by atoms with van der Waals surface area (Å²) in [4.78, 5) is 35.7. The number of hydrogen-bond donors (Lipinski definition) is 1. The molecule has 0 saturated carbocycles. The molecule has 1 heterocycles. The van der Waals surface area contributed by atoms with Gasteiger partial charge in [0.1, 0.15) is 10.6 Å². The lowest BCUT2D eigenvalue weighted by Crippen LogP contribution is -2.16. The molecule has 0 radical (unpaired) electrons. The molecule has 0 spiro atoms. The number of nitro benzene ring substituents is 1. The second-order valence-corrected chi connectivity index (χ2v) is 7.55. The fraction of sp³-hybridized carbons (Fsp3) is 0.143. The van der Waals surface area contributed by atoms with Gasteiger partial charge in [0.2, 0.25) is 5.91 Å². The molecule has 0 fully saturated rings. The summed E-state index contributed by atoms with van der Waals surface area (Å²) in [6.07, 6.45) is 0.101. The van der Waals surface area contributed by atoms with Crippen molar-refractivity contribution in [1.29, 1.82) is 0 Å². The number of esters is 1. The van der Waals surface area contributed by atoms with Crippen LogP contribution in [0.1, 0.15) is 22.8 Å². The summed E-state index contributed by atoms with van der Waals surface area (Å²) in [6, 6.07) is 12.8. The molecule has 154 valence electrons. The van der Waals surface area contributed by atoms with Crippen LogP contribution in [0.2, 0.25) is 5.02 Å². The Balaban J connectivity index is 1.92. The molecule has 30 heavy (non-hydrogen) atoms. The van der Waals surface area contributed by atoms with E-state index in [4.69, 9.17) is 16.3 Å². The van der Waals surface area contributed by atoms with Gasteiger partial charge in [-0.05, 0) is 30.2 Å². The molecule has 1 amide bonds. The molecule has 0 aliphatic heterocycles. The van der Waals surface area contributed by atoms with Gasteiger partial charge < -0.3 is 10.1 Å². The third-order valence-electron chi connectivity index (χ3n) is 4.17. The van der Waals surface area contributed by atoms with E-state index >= 15 is 0 Å². The summed E-state index contributed by atoms with van der Waals surface area (Å²) >= 11 is 7.02. The highest BCUT2D eigenvalue weighted by molar-refractivity contribution is 7.15. The minimum absolute atomic E-state index is 0.0955. The SMILES string of the molecule is CCOC(=O)c1c(-c2cccc([N+](=O)[O-])c2)csc1NC(=O)Cc1ccc(Cl)cc1. The van der Waals surface area contributed by atoms with Gasteiger partial charge in [0.15, 0.2) is 0 Å². The highest BCUT2D eigenvalue weighted by Gasteiger charge is 2.23. The maximum atomic E-state index is 12.6. The number of benzene rings is 2. The van der Waals surface area contributed by atoms with Crippen LogP contribution in [0, 0.1) is 10.1 Å². The molecule has 3 aromatic rings.